The molecular formula is C25H36O2S2. The highest BCUT2D eigenvalue weighted by Gasteiger charge is 2.20. The molecule has 2 atom stereocenters. The Balaban J connectivity index is 1.88. The van der Waals surface area contributed by atoms with Gasteiger partial charge in [-0.15, -0.1) is 22.7 Å². The van der Waals surface area contributed by atoms with Crippen LogP contribution in [0.15, 0.2) is 22.9 Å². The monoisotopic (exact) mass is 432 g/mol. The van der Waals surface area contributed by atoms with Crippen molar-refractivity contribution in [3.63, 3.8) is 0 Å². The van der Waals surface area contributed by atoms with Crippen LogP contribution in [0.5, 0.6) is 11.5 Å². The molecule has 0 spiro atoms. The Hall–Kier alpha value is -1.26. The minimum Gasteiger partial charge on any atom is -0.492 e. The topological polar surface area (TPSA) is 18.5 Å². The molecule has 3 rings (SSSR count). The summed E-state index contributed by atoms with van der Waals surface area (Å²) in [7, 11) is 0. The van der Waals surface area contributed by atoms with Crippen molar-refractivity contribution in [1.29, 1.82) is 0 Å². The van der Waals surface area contributed by atoms with Gasteiger partial charge in [-0.05, 0) is 47.6 Å². The summed E-state index contributed by atoms with van der Waals surface area (Å²) in [6, 6.07) is 4.41. The van der Waals surface area contributed by atoms with Crippen LogP contribution in [0.1, 0.15) is 72.6 Å². The first-order valence-electron chi connectivity index (χ1n) is 11.4. The van der Waals surface area contributed by atoms with Gasteiger partial charge in [0.2, 0.25) is 0 Å². The summed E-state index contributed by atoms with van der Waals surface area (Å²) in [4.78, 5) is 0. The molecule has 0 aliphatic rings. The smallest absolute Gasteiger partial charge is 0.155 e. The predicted octanol–water partition coefficient (Wildman–Crippen LogP) is 8.92. The van der Waals surface area contributed by atoms with Crippen molar-refractivity contribution in [1.82, 2.24) is 0 Å². The van der Waals surface area contributed by atoms with Crippen molar-refractivity contribution in [3.05, 3.63) is 22.9 Å². The lowest BCUT2D eigenvalue weighted by Gasteiger charge is -2.19. The molecule has 2 aromatic heterocycles. The Morgan fingerprint density at radius 3 is 1.79 bits per heavy atom. The number of hydrogen-bond acceptors (Lipinski definition) is 4. The Bertz CT molecular complexity index is 828. The van der Waals surface area contributed by atoms with Crippen LogP contribution in [0.25, 0.3) is 20.2 Å². The molecule has 160 valence electrons. The lowest BCUT2D eigenvalue weighted by Crippen LogP contribution is -2.12. The second kappa shape index (κ2) is 11.2. The normalized spacial score (nSPS) is 13.8. The molecule has 2 nitrogen and oxygen atoms in total. The van der Waals surface area contributed by atoms with Crippen LogP contribution < -0.4 is 9.47 Å². The van der Waals surface area contributed by atoms with Gasteiger partial charge in [-0.1, -0.05) is 59.8 Å². The summed E-state index contributed by atoms with van der Waals surface area (Å²) >= 11 is 3.55. The Labute approximate surface area is 184 Å². The van der Waals surface area contributed by atoms with E-state index in [0.29, 0.717) is 11.8 Å². The van der Waals surface area contributed by atoms with Gasteiger partial charge < -0.3 is 9.47 Å². The molecule has 0 saturated heterocycles. The number of ether oxygens (including phenoxy) is 2. The van der Waals surface area contributed by atoms with Crippen LogP contribution in [0.4, 0.5) is 0 Å². The molecule has 3 aromatic rings. The fourth-order valence-electron chi connectivity index (χ4n) is 3.98. The second-order valence-electron chi connectivity index (χ2n) is 8.09. The van der Waals surface area contributed by atoms with Gasteiger partial charge in [0, 0.05) is 10.8 Å². The Morgan fingerprint density at radius 2 is 1.28 bits per heavy atom. The number of unbranched alkanes of at least 4 members (excludes halogenated alkanes) is 1. The lowest BCUT2D eigenvalue weighted by molar-refractivity contribution is 0.236. The standard InChI is InChI=1S/C25H36O2S2/c1-5-9-11-19(8-4)17-26-22-20-12-14-28-24(20)23(25-21(22)13-15-29-25)27-16-18(7-3)10-6-2/h12-15,18-19H,5-11,16-17H2,1-4H3. The van der Waals surface area contributed by atoms with Crippen molar-refractivity contribution in [3.8, 4) is 11.5 Å². The largest absolute Gasteiger partial charge is 0.492 e. The number of benzene rings is 1. The van der Waals surface area contributed by atoms with Gasteiger partial charge in [0.05, 0.1) is 22.6 Å². The van der Waals surface area contributed by atoms with Crippen molar-refractivity contribution in [2.75, 3.05) is 13.2 Å². The van der Waals surface area contributed by atoms with Crippen LogP contribution in [0.2, 0.25) is 0 Å². The van der Waals surface area contributed by atoms with Gasteiger partial charge in [0.1, 0.15) is 5.75 Å². The van der Waals surface area contributed by atoms with Gasteiger partial charge in [-0.3, -0.25) is 0 Å². The van der Waals surface area contributed by atoms with Gasteiger partial charge in [-0.25, -0.2) is 0 Å². The van der Waals surface area contributed by atoms with Gasteiger partial charge in [0.25, 0.3) is 0 Å². The Morgan fingerprint density at radius 1 is 0.724 bits per heavy atom. The highest BCUT2D eigenvalue weighted by Crippen LogP contribution is 2.47. The highest BCUT2D eigenvalue weighted by molar-refractivity contribution is 7.20. The van der Waals surface area contributed by atoms with Gasteiger partial charge >= 0.3 is 0 Å². The summed E-state index contributed by atoms with van der Waals surface area (Å²) in [6.45, 7) is 10.7. The summed E-state index contributed by atoms with van der Waals surface area (Å²) in [6.07, 6.45) is 8.59. The molecule has 4 heteroatoms. The van der Waals surface area contributed by atoms with Crippen molar-refractivity contribution >= 4 is 42.8 Å². The first kappa shape index (κ1) is 22.4. The maximum atomic E-state index is 6.50. The summed E-state index contributed by atoms with van der Waals surface area (Å²) in [5.41, 5.74) is 0. The fraction of sp³-hybridized carbons (Fsp3) is 0.600. The van der Waals surface area contributed by atoms with E-state index in [4.69, 9.17) is 9.47 Å². The van der Waals surface area contributed by atoms with Crippen molar-refractivity contribution in [2.45, 2.75) is 72.6 Å². The molecule has 2 unspecified atom stereocenters. The molecule has 0 saturated carbocycles. The van der Waals surface area contributed by atoms with E-state index in [1.54, 1.807) is 22.7 Å². The number of fused-ring (bicyclic) bond motifs is 2. The molecule has 0 bridgehead atoms. The summed E-state index contributed by atoms with van der Waals surface area (Å²) < 4.78 is 15.5. The van der Waals surface area contributed by atoms with E-state index in [1.807, 2.05) is 0 Å². The molecular weight excluding hydrogens is 396 g/mol. The number of rotatable bonds is 13. The predicted molar refractivity (Wildman–Crippen MR) is 130 cm³/mol. The van der Waals surface area contributed by atoms with Crippen LogP contribution in [0, 0.1) is 11.8 Å². The molecule has 0 amide bonds. The number of hydrogen-bond donors (Lipinski definition) is 0. The third-order valence-electron chi connectivity index (χ3n) is 5.98. The fourth-order valence-corrected chi connectivity index (χ4v) is 5.83. The zero-order chi connectivity index (χ0) is 20.6. The van der Waals surface area contributed by atoms with E-state index >= 15 is 0 Å². The summed E-state index contributed by atoms with van der Waals surface area (Å²) in [5, 5.41) is 6.77. The van der Waals surface area contributed by atoms with Crippen LogP contribution in [-0.2, 0) is 0 Å². The van der Waals surface area contributed by atoms with E-state index < -0.39 is 0 Å². The average Bonchev–Trinajstić information content (AvgIpc) is 3.41. The first-order valence-corrected chi connectivity index (χ1v) is 13.1. The number of thiophene rings is 2. The van der Waals surface area contributed by atoms with E-state index in [1.165, 1.54) is 65.1 Å². The Kier molecular flexibility index (Phi) is 8.68. The lowest BCUT2D eigenvalue weighted by atomic mass is 10.0. The van der Waals surface area contributed by atoms with Crippen LogP contribution >= 0.6 is 22.7 Å². The molecule has 0 aliphatic heterocycles. The van der Waals surface area contributed by atoms with Crippen LogP contribution in [-0.4, -0.2) is 13.2 Å². The van der Waals surface area contributed by atoms with E-state index in [0.717, 1.165) is 24.7 Å². The molecule has 1 aromatic carbocycles. The third-order valence-corrected chi connectivity index (χ3v) is 7.80. The van der Waals surface area contributed by atoms with Crippen LogP contribution in [0.3, 0.4) is 0 Å². The average molecular weight is 433 g/mol. The molecule has 0 radical (unpaired) electrons. The summed E-state index contributed by atoms with van der Waals surface area (Å²) in [5.74, 6) is 3.39. The van der Waals surface area contributed by atoms with Crippen molar-refractivity contribution < 1.29 is 9.47 Å². The quantitative estimate of drug-likeness (QED) is 0.268. The van der Waals surface area contributed by atoms with E-state index in [9.17, 15) is 0 Å². The maximum Gasteiger partial charge on any atom is 0.155 e. The minimum atomic E-state index is 0.629. The molecule has 29 heavy (non-hydrogen) atoms. The van der Waals surface area contributed by atoms with Gasteiger partial charge in [0.15, 0.2) is 5.75 Å². The third kappa shape index (κ3) is 5.27. The van der Waals surface area contributed by atoms with E-state index in [-0.39, 0.29) is 0 Å². The molecule has 0 fully saturated rings. The zero-order valence-electron chi connectivity index (χ0n) is 18.5. The maximum absolute atomic E-state index is 6.50. The van der Waals surface area contributed by atoms with E-state index in [2.05, 4.69) is 50.6 Å². The molecule has 0 aliphatic carbocycles. The second-order valence-corrected chi connectivity index (χ2v) is 9.92. The molecule has 2 heterocycles. The zero-order valence-corrected chi connectivity index (χ0v) is 20.1. The van der Waals surface area contributed by atoms with Crippen molar-refractivity contribution in [2.24, 2.45) is 11.8 Å². The molecule has 0 N–H and O–H groups in total. The SMILES string of the molecule is CCCCC(CC)COc1c2ccsc2c(OCC(CC)CCC)c2sccc12. The minimum absolute atomic E-state index is 0.629. The highest BCUT2D eigenvalue weighted by atomic mass is 32.1. The van der Waals surface area contributed by atoms with Gasteiger partial charge in [-0.2, -0.15) is 0 Å². The first-order chi connectivity index (χ1) is 14.2.